The Kier molecular flexibility index (Phi) is 5.20. The van der Waals surface area contributed by atoms with Gasteiger partial charge in [-0.05, 0) is 45.1 Å². The normalized spacial score (nSPS) is 25.0. The minimum Gasteiger partial charge on any atom is -0.374 e. The van der Waals surface area contributed by atoms with Gasteiger partial charge in [0.2, 0.25) is 0 Å². The summed E-state index contributed by atoms with van der Waals surface area (Å²) in [4.78, 5) is 2.64. The largest absolute Gasteiger partial charge is 0.374 e. The lowest BCUT2D eigenvalue weighted by atomic mass is 10.0. The lowest BCUT2D eigenvalue weighted by Gasteiger charge is -2.30. The number of rotatable bonds is 1. The third kappa shape index (κ3) is 3.82. The Morgan fingerprint density at radius 2 is 1.81 bits per heavy atom. The van der Waals surface area contributed by atoms with E-state index in [1.165, 1.54) is 71.0 Å². The van der Waals surface area contributed by atoms with Crippen molar-refractivity contribution in [2.75, 3.05) is 26.2 Å². The highest BCUT2D eigenvalue weighted by atomic mass is 15.2. The van der Waals surface area contributed by atoms with E-state index in [1.54, 1.807) is 5.70 Å². The Labute approximate surface area is 100 Å². The highest BCUT2D eigenvalue weighted by molar-refractivity contribution is 5.02. The fraction of sp³-hybridized carbons (Fsp3) is 0.857. The van der Waals surface area contributed by atoms with E-state index in [0.717, 1.165) is 6.54 Å². The van der Waals surface area contributed by atoms with Crippen molar-refractivity contribution in [3.63, 3.8) is 0 Å². The van der Waals surface area contributed by atoms with Crippen LogP contribution in [0.2, 0.25) is 0 Å². The molecular weight excluding hydrogens is 196 g/mol. The van der Waals surface area contributed by atoms with E-state index in [0.29, 0.717) is 0 Å². The first-order chi connectivity index (χ1) is 7.97. The van der Waals surface area contributed by atoms with Gasteiger partial charge in [0.1, 0.15) is 0 Å². The van der Waals surface area contributed by atoms with Gasteiger partial charge in [0, 0.05) is 25.3 Å². The Balaban J connectivity index is 1.90. The van der Waals surface area contributed by atoms with Crippen LogP contribution >= 0.6 is 0 Å². The van der Waals surface area contributed by atoms with Crippen LogP contribution in [0.3, 0.4) is 0 Å². The van der Waals surface area contributed by atoms with Crippen molar-refractivity contribution in [2.45, 2.75) is 51.4 Å². The van der Waals surface area contributed by atoms with Crippen LogP contribution in [0.1, 0.15) is 51.4 Å². The molecule has 1 aliphatic carbocycles. The van der Waals surface area contributed by atoms with E-state index in [2.05, 4.69) is 16.3 Å². The van der Waals surface area contributed by atoms with E-state index >= 15 is 0 Å². The van der Waals surface area contributed by atoms with Gasteiger partial charge in [0.25, 0.3) is 0 Å². The van der Waals surface area contributed by atoms with Gasteiger partial charge < -0.3 is 10.2 Å². The topological polar surface area (TPSA) is 15.3 Å². The van der Waals surface area contributed by atoms with Crippen LogP contribution in [0, 0.1) is 0 Å². The summed E-state index contributed by atoms with van der Waals surface area (Å²) in [5.41, 5.74) is 1.64. The maximum Gasteiger partial charge on any atom is 0.0300 e. The third-order valence-corrected chi connectivity index (χ3v) is 3.76. The molecule has 1 aliphatic heterocycles. The van der Waals surface area contributed by atoms with Crippen molar-refractivity contribution < 1.29 is 0 Å². The predicted molar refractivity (Wildman–Crippen MR) is 69.5 cm³/mol. The Hall–Kier alpha value is -0.500. The van der Waals surface area contributed by atoms with Gasteiger partial charge in [-0.2, -0.15) is 0 Å². The Morgan fingerprint density at radius 1 is 0.875 bits per heavy atom. The summed E-state index contributed by atoms with van der Waals surface area (Å²) in [6.45, 7) is 4.88. The number of hydrogen-bond acceptors (Lipinski definition) is 2. The van der Waals surface area contributed by atoms with Crippen molar-refractivity contribution in [1.82, 2.24) is 10.2 Å². The lowest BCUT2D eigenvalue weighted by molar-refractivity contribution is 0.299. The number of hydrogen-bond donors (Lipinski definition) is 1. The second-order valence-corrected chi connectivity index (χ2v) is 5.09. The molecule has 2 rings (SSSR count). The van der Waals surface area contributed by atoms with E-state index < -0.39 is 0 Å². The summed E-state index contributed by atoms with van der Waals surface area (Å²) in [6, 6.07) is 0. The molecule has 0 aromatic carbocycles. The third-order valence-electron chi connectivity index (χ3n) is 3.76. The van der Waals surface area contributed by atoms with Crippen LogP contribution in [0.25, 0.3) is 0 Å². The van der Waals surface area contributed by atoms with Crippen molar-refractivity contribution in [1.29, 1.82) is 0 Å². The lowest BCUT2D eigenvalue weighted by Crippen LogP contribution is -2.35. The highest BCUT2D eigenvalue weighted by Crippen LogP contribution is 2.20. The van der Waals surface area contributed by atoms with Gasteiger partial charge in [-0.15, -0.1) is 0 Å². The molecule has 2 heteroatoms. The fourth-order valence-electron chi connectivity index (χ4n) is 2.75. The zero-order valence-corrected chi connectivity index (χ0v) is 10.5. The van der Waals surface area contributed by atoms with Gasteiger partial charge >= 0.3 is 0 Å². The first kappa shape index (κ1) is 12.0. The molecule has 1 fully saturated rings. The smallest absolute Gasteiger partial charge is 0.0300 e. The molecule has 16 heavy (non-hydrogen) atoms. The molecular formula is C14H26N2. The van der Waals surface area contributed by atoms with Crippen LogP contribution in [0.4, 0.5) is 0 Å². The zero-order chi connectivity index (χ0) is 11.1. The molecule has 1 saturated heterocycles. The number of nitrogens with zero attached hydrogens (tertiary/aromatic N) is 1. The van der Waals surface area contributed by atoms with Gasteiger partial charge in [-0.3, -0.25) is 0 Å². The molecule has 0 atom stereocenters. The maximum atomic E-state index is 3.52. The van der Waals surface area contributed by atoms with Crippen molar-refractivity contribution in [3.05, 3.63) is 11.8 Å². The van der Waals surface area contributed by atoms with Gasteiger partial charge in [0.15, 0.2) is 0 Å². The average molecular weight is 222 g/mol. The minimum absolute atomic E-state index is 1.16. The first-order valence-corrected chi connectivity index (χ1v) is 7.11. The molecule has 0 saturated carbocycles. The van der Waals surface area contributed by atoms with Crippen LogP contribution < -0.4 is 5.32 Å². The molecule has 0 spiro atoms. The molecule has 0 aromatic rings. The van der Waals surface area contributed by atoms with Crippen LogP contribution in [-0.2, 0) is 0 Å². The SMILES string of the molecule is C1=C(N2CCCCNCC2)CCCCCC1. The molecule has 2 nitrogen and oxygen atoms in total. The second kappa shape index (κ2) is 6.95. The molecule has 0 bridgehead atoms. The van der Waals surface area contributed by atoms with E-state index in [4.69, 9.17) is 0 Å². The van der Waals surface area contributed by atoms with Crippen molar-refractivity contribution in [3.8, 4) is 0 Å². The molecule has 2 aliphatic rings. The monoisotopic (exact) mass is 222 g/mol. The first-order valence-electron chi connectivity index (χ1n) is 7.11. The summed E-state index contributed by atoms with van der Waals surface area (Å²) in [5.74, 6) is 0. The standard InChI is InChI=1S/C14H26N2/c1-2-4-8-14(9-5-3-1)16-12-7-6-10-15-11-13-16/h8,15H,1-7,9-13H2. The predicted octanol–water partition coefficient (Wildman–Crippen LogP) is 2.91. The molecule has 1 N–H and O–H groups in total. The molecule has 0 amide bonds. The average Bonchev–Trinajstić information content (AvgIpc) is 2.18. The molecule has 1 heterocycles. The fourth-order valence-corrected chi connectivity index (χ4v) is 2.75. The van der Waals surface area contributed by atoms with E-state index in [1.807, 2.05) is 0 Å². The molecule has 92 valence electrons. The quantitative estimate of drug-likeness (QED) is 0.734. The van der Waals surface area contributed by atoms with Crippen molar-refractivity contribution in [2.24, 2.45) is 0 Å². The highest BCUT2D eigenvalue weighted by Gasteiger charge is 2.11. The molecule has 0 unspecified atom stereocenters. The minimum atomic E-state index is 1.16. The number of allylic oxidation sites excluding steroid dienone is 2. The Morgan fingerprint density at radius 3 is 2.81 bits per heavy atom. The van der Waals surface area contributed by atoms with Gasteiger partial charge in [-0.1, -0.05) is 18.9 Å². The summed E-state index contributed by atoms with van der Waals surface area (Å²) >= 11 is 0. The summed E-state index contributed by atoms with van der Waals surface area (Å²) in [5, 5.41) is 3.52. The summed E-state index contributed by atoms with van der Waals surface area (Å²) in [7, 11) is 0. The van der Waals surface area contributed by atoms with Crippen LogP contribution in [-0.4, -0.2) is 31.1 Å². The maximum absolute atomic E-state index is 3.52. The van der Waals surface area contributed by atoms with Gasteiger partial charge in [0.05, 0.1) is 0 Å². The second-order valence-electron chi connectivity index (χ2n) is 5.09. The molecule has 0 aromatic heterocycles. The van der Waals surface area contributed by atoms with Crippen LogP contribution in [0.15, 0.2) is 11.8 Å². The number of nitrogens with one attached hydrogen (secondary N) is 1. The molecule has 0 radical (unpaired) electrons. The zero-order valence-electron chi connectivity index (χ0n) is 10.5. The summed E-state index contributed by atoms with van der Waals surface area (Å²) in [6.07, 6.45) is 13.5. The van der Waals surface area contributed by atoms with Crippen LogP contribution in [0.5, 0.6) is 0 Å². The van der Waals surface area contributed by atoms with Crippen molar-refractivity contribution >= 4 is 0 Å². The summed E-state index contributed by atoms with van der Waals surface area (Å²) < 4.78 is 0. The van der Waals surface area contributed by atoms with Gasteiger partial charge in [-0.25, -0.2) is 0 Å². The van der Waals surface area contributed by atoms with E-state index in [-0.39, 0.29) is 0 Å². The van der Waals surface area contributed by atoms with E-state index in [9.17, 15) is 0 Å². The Bertz CT molecular complexity index is 215.